The summed E-state index contributed by atoms with van der Waals surface area (Å²) in [5.41, 5.74) is 2.32. The van der Waals surface area contributed by atoms with Gasteiger partial charge in [0.05, 0.1) is 12.0 Å². The topological polar surface area (TPSA) is 57.5 Å². The number of amides is 2. The second kappa shape index (κ2) is 7.13. The third-order valence-electron chi connectivity index (χ3n) is 4.51. The lowest BCUT2D eigenvalue weighted by molar-refractivity contribution is 0.237. The molecule has 2 heterocycles. The maximum atomic E-state index is 13.9. The Morgan fingerprint density at radius 3 is 2.84 bits per heavy atom. The molecule has 7 heteroatoms. The first kappa shape index (κ1) is 17.3. The number of nitrogens with zero attached hydrogens (tertiary/aromatic N) is 1. The summed E-state index contributed by atoms with van der Waals surface area (Å²) >= 11 is 0. The van der Waals surface area contributed by atoms with Crippen molar-refractivity contribution >= 4 is 11.7 Å². The van der Waals surface area contributed by atoms with E-state index in [0.717, 1.165) is 23.0 Å². The summed E-state index contributed by atoms with van der Waals surface area (Å²) in [4.78, 5) is 13.9. The van der Waals surface area contributed by atoms with E-state index in [9.17, 15) is 13.6 Å². The summed E-state index contributed by atoms with van der Waals surface area (Å²) in [5, 5.41) is 5.71. The molecule has 5 nitrogen and oxygen atoms in total. The highest BCUT2D eigenvalue weighted by Crippen LogP contribution is 2.24. The van der Waals surface area contributed by atoms with E-state index >= 15 is 0 Å². The van der Waals surface area contributed by atoms with Gasteiger partial charge >= 0.3 is 6.03 Å². The predicted molar refractivity (Wildman–Crippen MR) is 90.5 cm³/mol. The SMILES string of the molecule is Cc1coc(C)c1CNC(=O)NC1CCN(c2ccc(F)cc2F)C1. The second-order valence-corrected chi connectivity index (χ2v) is 6.31. The van der Waals surface area contributed by atoms with Crippen LogP contribution in [0.15, 0.2) is 28.9 Å². The highest BCUT2D eigenvalue weighted by atomic mass is 19.1. The van der Waals surface area contributed by atoms with Crippen molar-refractivity contribution in [3.63, 3.8) is 0 Å². The molecular weight excluding hydrogens is 328 g/mol. The first-order valence-electron chi connectivity index (χ1n) is 8.22. The summed E-state index contributed by atoms with van der Waals surface area (Å²) in [6.45, 7) is 5.27. The van der Waals surface area contributed by atoms with Crippen molar-refractivity contribution in [2.24, 2.45) is 0 Å². The Kier molecular flexibility index (Phi) is 4.92. The summed E-state index contributed by atoms with van der Waals surface area (Å²) in [6, 6.07) is 3.18. The van der Waals surface area contributed by atoms with Crippen LogP contribution < -0.4 is 15.5 Å². The summed E-state index contributed by atoms with van der Waals surface area (Å²) in [7, 11) is 0. The molecule has 0 bridgehead atoms. The number of hydrogen-bond donors (Lipinski definition) is 2. The minimum Gasteiger partial charge on any atom is -0.469 e. The van der Waals surface area contributed by atoms with Gasteiger partial charge in [-0.1, -0.05) is 0 Å². The number of furan rings is 1. The Hall–Kier alpha value is -2.57. The van der Waals surface area contributed by atoms with Gasteiger partial charge in [0.25, 0.3) is 0 Å². The molecule has 0 spiro atoms. The summed E-state index contributed by atoms with van der Waals surface area (Å²) in [6.07, 6.45) is 2.37. The second-order valence-electron chi connectivity index (χ2n) is 6.31. The lowest BCUT2D eigenvalue weighted by Crippen LogP contribution is -2.43. The number of rotatable bonds is 4. The molecule has 134 valence electrons. The molecule has 25 heavy (non-hydrogen) atoms. The van der Waals surface area contributed by atoms with Gasteiger partial charge in [-0.05, 0) is 38.0 Å². The zero-order valence-corrected chi connectivity index (χ0v) is 14.2. The van der Waals surface area contributed by atoms with Gasteiger partial charge in [0.15, 0.2) is 0 Å². The molecule has 2 amide bonds. The van der Waals surface area contributed by atoms with E-state index in [-0.39, 0.29) is 12.1 Å². The summed E-state index contributed by atoms with van der Waals surface area (Å²) < 4.78 is 32.2. The van der Waals surface area contributed by atoms with Crippen molar-refractivity contribution in [2.75, 3.05) is 18.0 Å². The van der Waals surface area contributed by atoms with Gasteiger partial charge in [-0.3, -0.25) is 0 Å². The molecule has 1 unspecified atom stereocenters. The summed E-state index contributed by atoms with van der Waals surface area (Å²) in [5.74, 6) is -0.396. The zero-order valence-electron chi connectivity index (χ0n) is 14.2. The third kappa shape index (κ3) is 3.92. The Bertz CT molecular complexity index is 756. The molecule has 1 aliphatic heterocycles. The standard InChI is InChI=1S/C18H21F2N3O2/c1-11-10-25-12(2)15(11)8-21-18(24)22-14-5-6-23(9-14)17-4-3-13(19)7-16(17)20/h3-4,7,10,14H,5-6,8-9H2,1-2H3,(H2,21,22,24). The number of aryl methyl sites for hydroxylation is 2. The van der Waals surface area contributed by atoms with E-state index in [1.54, 1.807) is 6.26 Å². The molecule has 0 saturated carbocycles. The average molecular weight is 349 g/mol. The van der Waals surface area contributed by atoms with Crippen LogP contribution in [0.4, 0.5) is 19.3 Å². The highest BCUT2D eigenvalue weighted by Gasteiger charge is 2.26. The molecule has 1 saturated heterocycles. The molecule has 0 aliphatic carbocycles. The number of urea groups is 1. The number of carbonyl (C=O) groups is 1. The third-order valence-corrected chi connectivity index (χ3v) is 4.51. The number of hydrogen-bond acceptors (Lipinski definition) is 3. The Morgan fingerprint density at radius 1 is 1.36 bits per heavy atom. The fourth-order valence-electron chi connectivity index (χ4n) is 3.10. The van der Waals surface area contributed by atoms with Crippen molar-refractivity contribution in [2.45, 2.75) is 32.9 Å². The van der Waals surface area contributed by atoms with Crippen molar-refractivity contribution in [3.05, 3.63) is 53.0 Å². The molecule has 1 atom stereocenters. The van der Waals surface area contributed by atoms with E-state index in [4.69, 9.17) is 4.42 Å². The maximum Gasteiger partial charge on any atom is 0.315 e. The lowest BCUT2D eigenvalue weighted by Gasteiger charge is -2.19. The number of carbonyl (C=O) groups excluding carboxylic acids is 1. The van der Waals surface area contributed by atoms with Gasteiger partial charge in [-0.2, -0.15) is 0 Å². The van der Waals surface area contributed by atoms with Crippen LogP contribution in [0.1, 0.15) is 23.3 Å². The lowest BCUT2D eigenvalue weighted by atomic mass is 10.2. The van der Waals surface area contributed by atoms with E-state index in [1.165, 1.54) is 12.1 Å². The van der Waals surface area contributed by atoms with Crippen molar-refractivity contribution < 1.29 is 18.0 Å². The number of anilines is 1. The van der Waals surface area contributed by atoms with Crippen LogP contribution in [-0.2, 0) is 6.54 Å². The van der Waals surface area contributed by atoms with Gasteiger partial charge in [0.1, 0.15) is 17.4 Å². The van der Waals surface area contributed by atoms with Crippen molar-refractivity contribution in [1.29, 1.82) is 0 Å². The minimum atomic E-state index is -0.598. The van der Waals surface area contributed by atoms with Crippen LogP contribution in [-0.4, -0.2) is 25.2 Å². The first-order valence-corrected chi connectivity index (χ1v) is 8.22. The smallest absolute Gasteiger partial charge is 0.315 e. The van der Waals surface area contributed by atoms with E-state index in [1.807, 2.05) is 18.7 Å². The van der Waals surface area contributed by atoms with E-state index < -0.39 is 11.6 Å². The van der Waals surface area contributed by atoms with Gasteiger partial charge < -0.3 is 20.0 Å². The van der Waals surface area contributed by atoms with Gasteiger partial charge in [-0.25, -0.2) is 13.6 Å². The van der Waals surface area contributed by atoms with Gasteiger partial charge in [0, 0.05) is 37.3 Å². The normalized spacial score (nSPS) is 17.0. The molecular formula is C18H21F2N3O2. The minimum absolute atomic E-state index is 0.0870. The Labute approximate surface area is 145 Å². The van der Waals surface area contributed by atoms with Crippen molar-refractivity contribution in [1.82, 2.24) is 10.6 Å². The number of halogens is 2. The molecule has 1 aromatic heterocycles. The molecule has 2 aromatic rings. The van der Waals surface area contributed by atoms with Crippen LogP contribution in [0.2, 0.25) is 0 Å². The molecule has 0 radical (unpaired) electrons. The van der Waals surface area contributed by atoms with Gasteiger partial charge in [0.2, 0.25) is 0 Å². The molecule has 1 fully saturated rings. The number of nitrogens with one attached hydrogen (secondary N) is 2. The molecule has 2 N–H and O–H groups in total. The number of benzene rings is 1. The molecule has 1 aromatic carbocycles. The Morgan fingerprint density at radius 2 is 2.16 bits per heavy atom. The van der Waals surface area contributed by atoms with Crippen LogP contribution in [0, 0.1) is 25.5 Å². The van der Waals surface area contributed by atoms with Crippen LogP contribution in [0.25, 0.3) is 0 Å². The van der Waals surface area contributed by atoms with Crippen LogP contribution >= 0.6 is 0 Å². The van der Waals surface area contributed by atoms with Crippen molar-refractivity contribution in [3.8, 4) is 0 Å². The Balaban J connectivity index is 1.52. The largest absolute Gasteiger partial charge is 0.469 e. The molecule has 3 rings (SSSR count). The van der Waals surface area contributed by atoms with Gasteiger partial charge in [-0.15, -0.1) is 0 Å². The quantitative estimate of drug-likeness (QED) is 0.891. The molecule has 1 aliphatic rings. The van der Waals surface area contributed by atoms with Crippen LogP contribution in [0.5, 0.6) is 0 Å². The van der Waals surface area contributed by atoms with E-state index in [2.05, 4.69) is 10.6 Å². The monoisotopic (exact) mass is 349 g/mol. The predicted octanol–water partition coefficient (Wildman–Crippen LogP) is 3.25. The average Bonchev–Trinajstić information content (AvgIpc) is 3.13. The highest BCUT2D eigenvalue weighted by molar-refractivity contribution is 5.74. The van der Waals surface area contributed by atoms with Crippen LogP contribution in [0.3, 0.4) is 0 Å². The fraction of sp³-hybridized carbons (Fsp3) is 0.389. The maximum absolute atomic E-state index is 13.9. The van der Waals surface area contributed by atoms with E-state index in [0.29, 0.717) is 31.7 Å². The zero-order chi connectivity index (χ0) is 18.0. The first-order chi connectivity index (χ1) is 11.9. The fourth-order valence-corrected chi connectivity index (χ4v) is 3.10.